The first-order valence-electron chi connectivity index (χ1n) is 6.15. The SMILES string of the molecule is Cc1cccc(CS(=O)(=O)Cc2ccc(N)c(F)c2)c1. The van der Waals surface area contributed by atoms with Crippen LogP contribution in [0.2, 0.25) is 0 Å². The molecule has 5 heteroatoms. The first kappa shape index (κ1) is 14.5. The Morgan fingerprint density at radius 2 is 1.70 bits per heavy atom. The van der Waals surface area contributed by atoms with E-state index in [9.17, 15) is 12.8 Å². The molecule has 20 heavy (non-hydrogen) atoms. The predicted molar refractivity (Wildman–Crippen MR) is 78.3 cm³/mol. The summed E-state index contributed by atoms with van der Waals surface area (Å²) >= 11 is 0. The molecule has 0 saturated carbocycles. The molecule has 0 aliphatic carbocycles. The summed E-state index contributed by atoms with van der Waals surface area (Å²) in [6.45, 7) is 1.91. The number of anilines is 1. The monoisotopic (exact) mass is 293 g/mol. The third kappa shape index (κ3) is 3.81. The van der Waals surface area contributed by atoms with Crippen molar-refractivity contribution in [3.05, 3.63) is 65.0 Å². The quantitative estimate of drug-likeness (QED) is 0.882. The number of halogens is 1. The molecule has 0 spiro atoms. The van der Waals surface area contributed by atoms with Crippen LogP contribution in [0.5, 0.6) is 0 Å². The highest BCUT2D eigenvalue weighted by Crippen LogP contribution is 2.17. The van der Waals surface area contributed by atoms with Crippen molar-refractivity contribution in [3.8, 4) is 0 Å². The van der Waals surface area contributed by atoms with Gasteiger partial charge in [0.15, 0.2) is 9.84 Å². The molecule has 0 aliphatic heterocycles. The number of hydrogen-bond donors (Lipinski definition) is 1. The predicted octanol–water partition coefficient (Wildman–Crippen LogP) is 2.83. The van der Waals surface area contributed by atoms with Gasteiger partial charge >= 0.3 is 0 Å². The molecule has 106 valence electrons. The lowest BCUT2D eigenvalue weighted by Crippen LogP contribution is -2.08. The summed E-state index contributed by atoms with van der Waals surface area (Å²) in [5.41, 5.74) is 7.54. The fraction of sp³-hybridized carbons (Fsp3) is 0.200. The Hall–Kier alpha value is -1.88. The topological polar surface area (TPSA) is 60.2 Å². The van der Waals surface area contributed by atoms with Gasteiger partial charge in [-0.25, -0.2) is 12.8 Å². The number of aryl methyl sites for hydroxylation is 1. The van der Waals surface area contributed by atoms with Gasteiger partial charge in [0, 0.05) is 0 Å². The van der Waals surface area contributed by atoms with Crippen LogP contribution >= 0.6 is 0 Å². The first-order valence-corrected chi connectivity index (χ1v) is 7.98. The normalized spacial score (nSPS) is 11.5. The van der Waals surface area contributed by atoms with E-state index in [-0.39, 0.29) is 17.2 Å². The van der Waals surface area contributed by atoms with E-state index in [1.807, 2.05) is 25.1 Å². The van der Waals surface area contributed by atoms with Crippen LogP contribution in [-0.4, -0.2) is 8.42 Å². The van der Waals surface area contributed by atoms with E-state index in [0.717, 1.165) is 11.1 Å². The van der Waals surface area contributed by atoms with E-state index < -0.39 is 15.7 Å². The molecule has 2 aromatic carbocycles. The Labute approximate surface area is 118 Å². The summed E-state index contributed by atoms with van der Waals surface area (Å²) in [5, 5.41) is 0. The Bertz CT molecular complexity index is 726. The smallest absolute Gasteiger partial charge is 0.158 e. The summed E-state index contributed by atoms with van der Waals surface area (Å²) in [6, 6.07) is 11.4. The van der Waals surface area contributed by atoms with Crippen molar-refractivity contribution in [2.75, 3.05) is 5.73 Å². The molecule has 2 N–H and O–H groups in total. The third-order valence-electron chi connectivity index (χ3n) is 2.92. The molecule has 0 atom stereocenters. The minimum atomic E-state index is -3.34. The molecule has 0 amide bonds. The maximum Gasteiger partial charge on any atom is 0.158 e. The zero-order valence-electron chi connectivity index (χ0n) is 11.1. The first-order chi connectivity index (χ1) is 9.35. The van der Waals surface area contributed by atoms with Gasteiger partial charge in [0.2, 0.25) is 0 Å². The standard InChI is InChI=1S/C15H16FNO2S/c1-11-3-2-4-12(7-11)9-20(18,19)10-13-5-6-15(17)14(16)8-13/h2-8H,9-10,17H2,1H3. The van der Waals surface area contributed by atoms with Gasteiger partial charge in [0.25, 0.3) is 0 Å². The van der Waals surface area contributed by atoms with Crippen LogP contribution in [0, 0.1) is 12.7 Å². The number of hydrogen-bond acceptors (Lipinski definition) is 3. The minimum absolute atomic E-state index is 0.0184. The van der Waals surface area contributed by atoms with Gasteiger partial charge in [-0.1, -0.05) is 35.9 Å². The van der Waals surface area contributed by atoms with Gasteiger partial charge in [-0.15, -0.1) is 0 Å². The van der Waals surface area contributed by atoms with Gasteiger partial charge in [-0.3, -0.25) is 0 Å². The van der Waals surface area contributed by atoms with Crippen molar-refractivity contribution < 1.29 is 12.8 Å². The third-order valence-corrected chi connectivity index (χ3v) is 4.47. The largest absolute Gasteiger partial charge is 0.396 e. The number of rotatable bonds is 4. The summed E-state index contributed by atoms with van der Waals surface area (Å²) in [5.74, 6) is -0.841. The van der Waals surface area contributed by atoms with Gasteiger partial charge in [-0.2, -0.15) is 0 Å². The molecule has 0 aromatic heterocycles. The molecule has 0 aliphatic rings. The molecule has 0 saturated heterocycles. The molecule has 0 bridgehead atoms. The highest BCUT2D eigenvalue weighted by molar-refractivity contribution is 7.89. The van der Waals surface area contributed by atoms with E-state index in [1.165, 1.54) is 18.2 Å². The summed E-state index contributed by atoms with van der Waals surface area (Å²) in [6.07, 6.45) is 0. The molecule has 0 heterocycles. The molecule has 2 rings (SSSR count). The van der Waals surface area contributed by atoms with Crippen molar-refractivity contribution in [3.63, 3.8) is 0 Å². The van der Waals surface area contributed by atoms with Crippen LogP contribution in [0.25, 0.3) is 0 Å². The molecule has 3 nitrogen and oxygen atoms in total. The van der Waals surface area contributed by atoms with Crippen molar-refractivity contribution >= 4 is 15.5 Å². The lowest BCUT2D eigenvalue weighted by atomic mass is 10.2. The summed E-state index contributed by atoms with van der Waals surface area (Å²) in [4.78, 5) is 0. The zero-order chi connectivity index (χ0) is 14.8. The second-order valence-electron chi connectivity index (χ2n) is 4.88. The van der Waals surface area contributed by atoms with E-state index >= 15 is 0 Å². The fourth-order valence-corrected chi connectivity index (χ4v) is 3.50. The van der Waals surface area contributed by atoms with E-state index in [0.29, 0.717) is 5.56 Å². The Balaban J connectivity index is 2.17. The molecule has 0 fully saturated rings. The lowest BCUT2D eigenvalue weighted by molar-refractivity contribution is 0.594. The van der Waals surface area contributed by atoms with Crippen LogP contribution < -0.4 is 5.73 Å². The second-order valence-corrected chi connectivity index (χ2v) is 6.94. The van der Waals surface area contributed by atoms with Crippen molar-refractivity contribution in [2.45, 2.75) is 18.4 Å². The van der Waals surface area contributed by atoms with Crippen molar-refractivity contribution in [1.82, 2.24) is 0 Å². The van der Waals surface area contributed by atoms with Crippen molar-refractivity contribution in [1.29, 1.82) is 0 Å². The van der Waals surface area contributed by atoms with Crippen LogP contribution in [0.15, 0.2) is 42.5 Å². The van der Waals surface area contributed by atoms with Crippen LogP contribution in [0.3, 0.4) is 0 Å². The summed E-state index contributed by atoms with van der Waals surface area (Å²) < 4.78 is 37.6. The fourth-order valence-electron chi connectivity index (χ4n) is 2.02. The highest BCUT2D eigenvalue weighted by atomic mass is 32.2. The average molecular weight is 293 g/mol. The van der Waals surface area contributed by atoms with Gasteiger partial charge in [0.1, 0.15) is 5.82 Å². The molecule has 0 unspecified atom stereocenters. The van der Waals surface area contributed by atoms with E-state index in [4.69, 9.17) is 5.73 Å². The van der Waals surface area contributed by atoms with Gasteiger partial charge in [-0.05, 0) is 30.2 Å². The molecular weight excluding hydrogens is 277 g/mol. The van der Waals surface area contributed by atoms with Crippen LogP contribution in [-0.2, 0) is 21.3 Å². The van der Waals surface area contributed by atoms with Gasteiger partial charge < -0.3 is 5.73 Å². The maximum absolute atomic E-state index is 13.3. The minimum Gasteiger partial charge on any atom is -0.396 e. The van der Waals surface area contributed by atoms with E-state index in [2.05, 4.69) is 0 Å². The van der Waals surface area contributed by atoms with Gasteiger partial charge in [0.05, 0.1) is 17.2 Å². The number of sulfone groups is 1. The molecule has 2 aromatic rings. The lowest BCUT2D eigenvalue weighted by Gasteiger charge is -2.06. The Kier molecular flexibility index (Phi) is 4.09. The van der Waals surface area contributed by atoms with Crippen LogP contribution in [0.4, 0.5) is 10.1 Å². The second kappa shape index (κ2) is 5.63. The van der Waals surface area contributed by atoms with Crippen molar-refractivity contribution in [2.24, 2.45) is 0 Å². The Morgan fingerprint density at radius 1 is 1.05 bits per heavy atom. The van der Waals surface area contributed by atoms with Crippen LogP contribution in [0.1, 0.15) is 16.7 Å². The van der Waals surface area contributed by atoms with E-state index in [1.54, 1.807) is 6.07 Å². The number of nitrogen functional groups attached to an aromatic ring is 1. The molecule has 0 radical (unpaired) electrons. The number of nitrogens with two attached hydrogens (primary N) is 1. The highest BCUT2D eigenvalue weighted by Gasteiger charge is 2.14. The Morgan fingerprint density at radius 3 is 2.30 bits per heavy atom. The molecular formula is C15H16FNO2S. The zero-order valence-corrected chi connectivity index (χ0v) is 12.0. The average Bonchev–Trinajstić information content (AvgIpc) is 2.33. The maximum atomic E-state index is 13.3. The number of benzene rings is 2. The summed E-state index contributed by atoms with van der Waals surface area (Å²) in [7, 11) is -3.34.